The Morgan fingerprint density at radius 3 is 2.56 bits per heavy atom. The van der Waals surface area contributed by atoms with Crippen molar-refractivity contribution in [2.45, 2.75) is 52.2 Å². The number of halogens is 1. The number of carbonyl (C=O) groups is 1. The summed E-state index contributed by atoms with van der Waals surface area (Å²) in [6.45, 7) is 4.93. The molecular weight excluding hydrogens is 428 g/mol. The van der Waals surface area contributed by atoms with E-state index < -0.39 is 12.1 Å². The van der Waals surface area contributed by atoms with E-state index in [9.17, 15) is 15.0 Å². The number of hydrogen-bond donors (Lipinski definition) is 2. The van der Waals surface area contributed by atoms with Crippen LogP contribution in [0.5, 0.6) is 5.75 Å². The molecule has 0 bridgehead atoms. The molecule has 2 aromatic carbocycles. The second-order valence-electron chi connectivity index (χ2n) is 7.77. The van der Waals surface area contributed by atoms with Crippen molar-refractivity contribution in [1.82, 2.24) is 9.78 Å². The Morgan fingerprint density at radius 1 is 1.16 bits per heavy atom. The zero-order valence-corrected chi connectivity index (χ0v) is 19.2. The summed E-state index contributed by atoms with van der Waals surface area (Å²) in [5.41, 5.74) is 3.84. The largest absolute Gasteiger partial charge is 0.493 e. The molecule has 0 saturated carbocycles. The van der Waals surface area contributed by atoms with Gasteiger partial charge in [-0.1, -0.05) is 50.1 Å². The predicted molar refractivity (Wildman–Crippen MR) is 126 cm³/mol. The van der Waals surface area contributed by atoms with Crippen LogP contribution in [0.15, 0.2) is 48.5 Å². The van der Waals surface area contributed by atoms with Gasteiger partial charge in [0, 0.05) is 10.6 Å². The van der Waals surface area contributed by atoms with E-state index in [1.807, 2.05) is 49.4 Å². The maximum absolute atomic E-state index is 11.2. The van der Waals surface area contributed by atoms with E-state index >= 15 is 0 Å². The summed E-state index contributed by atoms with van der Waals surface area (Å²) < 4.78 is 7.79. The van der Waals surface area contributed by atoms with E-state index in [2.05, 4.69) is 6.92 Å². The Kier molecular flexibility index (Phi) is 8.31. The molecule has 0 aliphatic carbocycles. The number of aliphatic hydroxyl groups excluding tert-OH is 1. The van der Waals surface area contributed by atoms with Gasteiger partial charge in [-0.05, 0) is 54.3 Å². The molecule has 170 valence electrons. The normalized spacial score (nSPS) is 12.0. The molecule has 0 aliphatic heterocycles. The molecule has 2 N–H and O–H groups in total. The van der Waals surface area contributed by atoms with E-state index in [0.29, 0.717) is 41.6 Å². The molecule has 0 fully saturated rings. The highest BCUT2D eigenvalue weighted by molar-refractivity contribution is 6.30. The van der Waals surface area contributed by atoms with Crippen LogP contribution in [0.1, 0.15) is 38.7 Å². The molecular formula is C25H29ClN2O4. The average Bonchev–Trinajstić information content (AvgIpc) is 3.18. The Bertz CT molecular complexity index is 1050. The van der Waals surface area contributed by atoms with Gasteiger partial charge in [0.15, 0.2) is 0 Å². The molecule has 0 radical (unpaired) electrons. The number of rotatable bonds is 11. The Balaban J connectivity index is 2.08. The minimum Gasteiger partial charge on any atom is -0.493 e. The van der Waals surface area contributed by atoms with E-state index in [1.54, 1.807) is 10.7 Å². The summed E-state index contributed by atoms with van der Waals surface area (Å²) in [6.07, 6.45) is 1.92. The third-order valence-electron chi connectivity index (χ3n) is 5.21. The zero-order valence-electron chi connectivity index (χ0n) is 18.4. The molecule has 0 amide bonds. The summed E-state index contributed by atoms with van der Waals surface area (Å²) in [5.74, 6) is -0.231. The van der Waals surface area contributed by atoms with Crippen LogP contribution in [0.4, 0.5) is 0 Å². The molecule has 0 saturated heterocycles. The van der Waals surface area contributed by atoms with Crippen LogP contribution in [-0.2, 0) is 17.8 Å². The molecule has 1 heterocycles. The van der Waals surface area contributed by atoms with Crippen molar-refractivity contribution in [2.24, 2.45) is 0 Å². The fourth-order valence-corrected chi connectivity index (χ4v) is 3.51. The van der Waals surface area contributed by atoms with Gasteiger partial charge < -0.3 is 14.9 Å². The molecule has 32 heavy (non-hydrogen) atoms. The average molecular weight is 457 g/mol. The number of aliphatic carboxylic acids is 1. The van der Waals surface area contributed by atoms with Crippen LogP contribution in [0.2, 0.25) is 5.02 Å². The van der Waals surface area contributed by atoms with Gasteiger partial charge in [-0.15, -0.1) is 0 Å². The topological polar surface area (TPSA) is 84.6 Å². The van der Waals surface area contributed by atoms with E-state index in [0.717, 1.165) is 29.7 Å². The van der Waals surface area contributed by atoms with E-state index in [-0.39, 0.29) is 6.42 Å². The molecule has 1 atom stereocenters. The molecule has 6 nitrogen and oxygen atoms in total. The summed E-state index contributed by atoms with van der Waals surface area (Å²) in [7, 11) is 0. The Hall–Kier alpha value is -2.83. The molecule has 7 heteroatoms. The van der Waals surface area contributed by atoms with E-state index in [1.165, 1.54) is 0 Å². The van der Waals surface area contributed by atoms with Crippen LogP contribution >= 0.6 is 11.6 Å². The van der Waals surface area contributed by atoms with Crippen molar-refractivity contribution in [3.8, 4) is 28.3 Å². The molecule has 0 aliphatic rings. The van der Waals surface area contributed by atoms with Gasteiger partial charge in [0.2, 0.25) is 0 Å². The third-order valence-corrected chi connectivity index (χ3v) is 5.46. The Labute approximate surface area is 193 Å². The first-order chi connectivity index (χ1) is 15.4. The van der Waals surface area contributed by atoms with Crippen LogP contribution < -0.4 is 4.74 Å². The number of hydrogen-bond acceptors (Lipinski definition) is 4. The highest BCUT2D eigenvalue weighted by atomic mass is 35.5. The summed E-state index contributed by atoms with van der Waals surface area (Å²) >= 11 is 6.06. The number of carboxylic acids is 1. The predicted octanol–water partition coefficient (Wildman–Crippen LogP) is 5.45. The van der Waals surface area contributed by atoms with Crippen LogP contribution in [0.25, 0.3) is 22.5 Å². The van der Waals surface area contributed by atoms with Gasteiger partial charge >= 0.3 is 5.97 Å². The lowest BCUT2D eigenvalue weighted by molar-refractivity contribution is -0.136. The van der Waals surface area contributed by atoms with Gasteiger partial charge in [0.05, 0.1) is 37.1 Å². The lowest BCUT2D eigenvalue weighted by atomic mass is 10.0. The number of aliphatic hydroxyl groups is 1. The standard InChI is InChI=1S/C25H29ClN2O4/c1-3-5-12-32-24-11-6-17(14-25(30)31)13-21(24)22-15-23(18-7-9-19(26)10-8-18)28(27-22)16-20(29)4-2/h6-11,13,15,20,29H,3-5,12,14,16H2,1-2H3,(H,30,31)/t20-/m0/s1. The van der Waals surface area contributed by atoms with Crippen molar-refractivity contribution in [1.29, 1.82) is 0 Å². The van der Waals surface area contributed by atoms with Gasteiger partial charge in [0.1, 0.15) is 5.75 Å². The second-order valence-corrected chi connectivity index (χ2v) is 8.21. The Morgan fingerprint density at radius 2 is 1.91 bits per heavy atom. The number of ether oxygens (including phenoxy) is 1. The maximum Gasteiger partial charge on any atom is 0.307 e. The fourth-order valence-electron chi connectivity index (χ4n) is 3.38. The second kappa shape index (κ2) is 11.2. The first-order valence-electron chi connectivity index (χ1n) is 10.9. The number of aromatic nitrogens is 2. The summed E-state index contributed by atoms with van der Waals surface area (Å²) in [6, 6.07) is 14.8. The molecule has 3 aromatic rings. The number of nitrogens with zero attached hydrogens (tertiary/aromatic N) is 2. The summed E-state index contributed by atoms with van der Waals surface area (Å²) in [4.78, 5) is 11.2. The van der Waals surface area contributed by atoms with E-state index in [4.69, 9.17) is 21.4 Å². The SMILES string of the molecule is CCCCOc1ccc(CC(=O)O)cc1-c1cc(-c2ccc(Cl)cc2)n(C[C@@H](O)CC)n1. The molecule has 0 unspecified atom stereocenters. The highest BCUT2D eigenvalue weighted by Gasteiger charge is 2.18. The molecule has 1 aromatic heterocycles. The minimum absolute atomic E-state index is 0.0818. The van der Waals surface area contributed by atoms with Gasteiger partial charge in [-0.3, -0.25) is 9.48 Å². The van der Waals surface area contributed by atoms with Gasteiger partial charge in [-0.2, -0.15) is 5.10 Å². The van der Waals surface area contributed by atoms with Gasteiger partial charge in [0.25, 0.3) is 0 Å². The van der Waals surface area contributed by atoms with Crippen LogP contribution in [0, 0.1) is 0 Å². The lowest BCUT2D eigenvalue weighted by Gasteiger charge is -2.12. The number of unbranched alkanes of at least 4 members (excludes halogenated alkanes) is 1. The number of carboxylic acid groups (broad SMARTS) is 1. The third kappa shape index (κ3) is 6.11. The fraction of sp³-hybridized carbons (Fsp3) is 0.360. The van der Waals surface area contributed by atoms with Crippen molar-refractivity contribution in [3.05, 3.63) is 59.1 Å². The molecule has 0 spiro atoms. The summed E-state index contributed by atoms with van der Waals surface area (Å²) in [5, 5.41) is 24.9. The quantitative estimate of drug-likeness (QED) is 0.375. The minimum atomic E-state index is -0.894. The first-order valence-corrected chi connectivity index (χ1v) is 11.3. The first kappa shape index (κ1) is 23.8. The zero-order chi connectivity index (χ0) is 23.1. The smallest absolute Gasteiger partial charge is 0.307 e. The monoisotopic (exact) mass is 456 g/mol. The van der Waals surface area contributed by atoms with Crippen LogP contribution in [0.3, 0.4) is 0 Å². The lowest BCUT2D eigenvalue weighted by Crippen LogP contribution is -2.16. The highest BCUT2D eigenvalue weighted by Crippen LogP contribution is 2.34. The van der Waals surface area contributed by atoms with Gasteiger partial charge in [-0.25, -0.2) is 0 Å². The molecule has 3 rings (SSSR count). The number of benzene rings is 2. The van der Waals surface area contributed by atoms with Crippen molar-refractivity contribution >= 4 is 17.6 Å². The van der Waals surface area contributed by atoms with Crippen molar-refractivity contribution in [3.63, 3.8) is 0 Å². The van der Waals surface area contributed by atoms with Crippen molar-refractivity contribution in [2.75, 3.05) is 6.61 Å². The maximum atomic E-state index is 11.2. The van der Waals surface area contributed by atoms with Crippen LogP contribution in [-0.4, -0.2) is 38.7 Å². The van der Waals surface area contributed by atoms with Crippen molar-refractivity contribution < 1.29 is 19.7 Å².